The minimum atomic E-state index is -3.75. The number of ether oxygens (including phenoxy) is 1. The lowest BCUT2D eigenvalue weighted by atomic mass is 9.98. The number of hydrogen-bond acceptors (Lipinski definition) is 6. The zero-order valence-corrected chi connectivity index (χ0v) is 20.6. The number of amides is 1. The molecule has 0 radical (unpaired) electrons. The first-order valence-electron chi connectivity index (χ1n) is 10.9. The summed E-state index contributed by atoms with van der Waals surface area (Å²) < 4.78 is 47.2. The fourth-order valence-corrected chi connectivity index (χ4v) is 4.29. The molecule has 0 aromatic heterocycles. The van der Waals surface area contributed by atoms with Gasteiger partial charge in [-0.25, -0.2) is 17.5 Å². The molecule has 1 heterocycles. The molecule has 1 N–H and O–H groups in total. The molecule has 0 aliphatic carbocycles. The molecule has 8 nitrogen and oxygen atoms in total. The molecule has 2 aromatic rings. The van der Waals surface area contributed by atoms with E-state index in [9.17, 15) is 17.6 Å². The highest BCUT2D eigenvalue weighted by atomic mass is 32.2. The van der Waals surface area contributed by atoms with Gasteiger partial charge in [0.1, 0.15) is 11.6 Å². The van der Waals surface area contributed by atoms with Crippen LogP contribution in [0.1, 0.15) is 36.7 Å². The summed E-state index contributed by atoms with van der Waals surface area (Å²) in [6.07, 6.45) is 0. The van der Waals surface area contributed by atoms with Crippen LogP contribution in [0.2, 0.25) is 0 Å². The Hall–Kier alpha value is -3.16. The second-order valence-electron chi connectivity index (χ2n) is 9.27. The van der Waals surface area contributed by atoms with E-state index in [1.165, 1.54) is 31.3 Å². The van der Waals surface area contributed by atoms with Crippen molar-refractivity contribution < 1.29 is 22.3 Å². The normalized spacial score (nSPS) is 14.6. The standard InChI is InChI=1S/C24H29FN4O4S/c1-24(2,3)16-33-22-8-6-18(34(31,32)27-4)14-19(22)23(30)29-11-9-28(10-12-29)21-7-5-17(15-26)13-20(21)25/h5-8,13-14,27H,9-12,16H2,1-4H3. The lowest BCUT2D eigenvalue weighted by molar-refractivity contribution is 0.0739. The number of hydrogen-bond donors (Lipinski definition) is 1. The monoisotopic (exact) mass is 488 g/mol. The quantitative estimate of drug-likeness (QED) is 0.671. The Bertz CT molecular complexity index is 1210. The van der Waals surface area contributed by atoms with Gasteiger partial charge in [0.15, 0.2) is 0 Å². The SMILES string of the molecule is CNS(=O)(=O)c1ccc(OCC(C)(C)C)c(C(=O)N2CCN(c3ccc(C#N)cc3F)CC2)c1. The summed E-state index contributed by atoms with van der Waals surface area (Å²) in [7, 11) is -2.44. The van der Waals surface area contributed by atoms with E-state index in [1.54, 1.807) is 17.0 Å². The Balaban J connectivity index is 1.82. The Morgan fingerprint density at radius 3 is 2.38 bits per heavy atom. The number of anilines is 1. The third-order valence-electron chi connectivity index (χ3n) is 5.41. The number of nitrogens with zero attached hydrogens (tertiary/aromatic N) is 3. The molecule has 0 atom stereocenters. The van der Waals surface area contributed by atoms with Gasteiger partial charge in [-0.3, -0.25) is 4.79 Å². The summed E-state index contributed by atoms with van der Waals surface area (Å²) in [5, 5.41) is 8.93. The molecule has 0 saturated carbocycles. The molecule has 182 valence electrons. The van der Waals surface area contributed by atoms with Gasteiger partial charge in [0.2, 0.25) is 10.0 Å². The highest BCUT2D eigenvalue weighted by molar-refractivity contribution is 7.89. The topological polar surface area (TPSA) is 103 Å². The molecule has 0 bridgehead atoms. The van der Waals surface area contributed by atoms with Gasteiger partial charge in [0.25, 0.3) is 5.91 Å². The van der Waals surface area contributed by atoms with E-state index in [0.29, 0.717) is 44.2 Å². The van der Waals surface area contributed by atoms with Crippen LogP contribution in [0.4, 0.5) is 10.1 Å². The number of rotatable bonds is 6. The van der Waals surface area contributed by atoms with Gasteiger partial charge in [-0.2, -0.15) is 5.26 Å². The average Bonchev–Trinajstić information content (AvgIpc) is 2.81. The van der Waals surface area contributed by atoms with E-state index < -0.39 is 15.8 Å². The highest BCUT2D eigenvalue weighted by Gasteiger charge is 2.28. The Morgan fingerprint density at radius 2 is 1.82 bits per heavy atom. The maximum atomic E-state index is 14.4. The van der Waals surface area contributed by atoms with E-state index in [1.807, 2.05) is 31.7 Å². The van der Waals surface area contributed by atoms with E-state index in [0.717, 1.165) is 0 Å². The van der Waals surface area contributed by atoms with Gasteiger partial charge in [0.05, 0.1) is 34.4 Å². The zero-order chi connectivity index (χ0) is 25.1. The first kappa shape index (κ1) is 25.5. The number of nitriles is 1. The summed E-state index contributed by atoms with van der Waals surface area (Å²) in [5.74, 6) is -0.519. The number of halogens is 1. The van der Waals surface area contributed by atoms with Crippen LogP contribution in [0.15, 0.2) is 41.3 Å². The van der Waals surface area contributed by atoms with Crippen molar-refractivity contribution in [1.29, 1.82) is 5.26 Å². The molecule has 0 spiro atoms. The van der Waals surface area contributed by atoms with E-state index in [-0.39, 0.29) is 27.3 Å². The van der Waals surface area contributed by atoms with E-state index in [2.05, 4.69) is 4.72 Å². The summed E-state index contributed by atoms with van der Waals surface area (Å²) in [6, 6.07) is 10.5. The largest absolute Gasteiger partial charge is 0.492 e. The molecule has 2 aromatic carbocycles. The molecule has 0 unspecified atom stereocenters. The van der Waals surface area contributed by atoms with Crippen LogP contribution in [0.5, 0.6) is 5.75 Å². The summed E-state index contributed by atoms with van der Waals surface area (Å²) >= 11 is 0. The summed E-state index contributed by atoms with van der Waals surface area (Å²) in [6.45, 7) is 7.75. The molecule has 1 amide bonds. The first-order chi connectivity index (χ1) is 15.9. The fraction of sp³-hybridized carbons (Fsp3) is 0.417. The van der Waals surface area contributed by atoms with Crippen molar-refractivity contribution in [3.05, 3.63) is 53.3 Å². The number of nitrogens with one attached hydrogen (secondary N) is 1. The van der Waals surface area contributed by atoms with Crippen molar-refractivity contribution in [3.63, 3.8) is 0 Å². The van der Waals surface area contributed by atoms with Crippen LogP contribution in [-0.4, -0.2) is 59.1 Å². The first-order valence-corrected chi connectivity index (χ1v) is 12.4. The number of piperazine rings is 1. The van der Waals surface area contributed by atoms with Crippen LogP contribution in [0, 0.1) is 22.6 Å². The van der Waals surface area contributed by atoms with Gasteiger partial charge >= 0.3 is 0 Å². The highest BCUT2D eigenvalue weighted by Crippen LogP contribution is 2.28. The van der Waals surface area contributed by atoms with E-state index >= 15 is 0 Å². The zero-order valence-electron chi connectivity index (χ0n) is 19.8. The van der Waals surface area contributed by atoms with Gasteiger partial charge in [-0.15, -0.1) is 0 Å². The minimum Gasteiger partial charge on any atom is -0.492 e. The van der Waals surface area contributed by atoms with Crippen molar-refractivity contribution >= 4 is 21.6 Å². The summed E-state index contributed by atoms with van der Waals surface area (Å²) in [4.78, 5) is 16.8. The number of sulfonamides is 1. The van der Waals surface area contributed by atoms with Gasteiger partial charge in [0, 0.05) is 26.2 Å². The second kappa shape index (κ2) is 9.99. The van der Waals surface area contributed by atoms with Crippen molar-refractivity contribution in [1.82, 2.24) is 9.62 Å². The van der Waals surface area contributed by atoms with Crippen molar-refractivity contribution in [2.75, 3.05) is 44.7 Å². The number of carbonyl (C=O) groups excluding carboxylic acids is 1. The molecule has 1 aliphatic heterocycles. The van der Waals surface area contributed by atoms with Crippen molar-refractivity contribution in [2.24, 2.45) is 5.41 Å². The van der Waals surface area contributed by atoms with Crippen molar-refractivity contribution in [2.45, 2.75) is 25.7 Å². The third kappa shape index (κ3) is 5.85. The van der Waals surface area contributed by atoms with Gasteiger partial charge in [-0.1, -0.05) is 20.8 Å². The van der Waals surface area contributed by atoms with Crippen LogP contribution >= 0.6 is 0 Å². The molecule has 10 heteroatoms. The Labute approximate surface area is 200 Å². The van der Waals surface area contributed by atoms with Crippen LogP contribution < -0.4 is 14.4 Å². The predicted molar refractivity (Wildman–Crippen MR) is 127 cm³/mol. The fourth-order valence-electron chi connectivity index (χ4n) is 3.54. The van der Waals surface area contributed by atoms with Gasteiger partial charge < -0.3 is 14.5 Å². The minimum absolute atomic E-state index is 0.0280. The maximum absolute atomic E-state index is 14.4. The third-order valence-corrected chi connectivity index (χ3v) is 6.82. The Morgan fingerprint density at radius 1 is 1.15 bits per heavy atom. The number of carbonyl (C=O) groups is 1. The second-order valence-corrected chi connectivity index (χ2v) is 11.2. The lowest BCUT2D eigenvalue weighted by Crippen LogP contribution is -2.49. The number of benzene rings is 2. The predicted octanol–water partition coefficient (Wildman–Crippen LogP) is 2.99. The molecular weight excluding hydrogens is 459 g/mol. The van der Waals surface area contributed by atoms with Gasteiger partial charge in [-0.05, 0) is 48.9 Å². The average molecular weight is 489 g/mol. The molecule has 3 rings (SSSR count). The lowest BCUT2D eigenvalue weighted by Gasteiger charge is -2.36. The molecule has 1 aliphatic rings. The Kier molecular flexibility index (Phi) is 7.48. The molecular formula is C24H29FN4O4S. The summed E-state index contributed by atoms with van der Waals surface area (Å²) in [5.41, 5.74) is 0.627. The molecule has 1 saturated heterocycles. The smallest absolute Gasteiger partial charge is 0.257 e. The maximum Gasteiger partial charge on any atom is 0.257 e. The molecule has 34 heavy (non-hydrogen) atoms. The van der Waals surface area contributed by atoms with Crippen LogP contribution in [0.25, 0.3) is 0 Å². The van der Waals surface area contributed by atoms with Crippen molar-refractivity contribution in [3.8, 4) is 11.8 Å². The van der Waals surface area contributed by atoms with E-state index in [4.69, 9.17) is 10.00 Å². The van der Waals surface area contributed by atoms with Crippen LogP contribution in [-0.2, 0) is 10.0 Å². The molecule has 1 fully saturated rings. The van der Waals surface area contributed by atoms with Crippen LogP contribution in [0.3, 0.4) is 0 Å².